The maximum atomic E-state index is 11.1. The molecule has 0 radical (unpaired) electrons. The predicted molar refractivity (Wildman–Crippen MR) is 61.8 cm³/mol. The standard InChI is InChI=1S/C13H24O2/c1-4-9-15-13(10-14)7-5-12(6-8-13)11(2)3/h10-12H,4-9H2,1-3H3. The molecule has 1 saturated carbocycles. The van der Waals surface area contributed by atoms with Crippen LogP contribution in [0.25, 0.3) is 0 Å². The summed E-state index contributed by atoms with van der Waals surface area (Å²) in [5, 5.41) is 0. The third-order valence-electron chi connectivity index (χ3n) is 3.63. The lowest BCUT2D eigenvalue weighted by atomic mass is 9.75. The van der Waals surface area contributed by atoms with E-state index >= 15 is 0 Å². The van der Waals surface area contributed by atoms with Gasteiger partial charge < -0.3 is 9.53 Å². The van der Waals surface area contributed by atoms with Gasteiger partial charge >= 0.3 is 0 Å². The molecule has 1 fully saturated rings. The van der Waals surface area contributed by atoms with Gasteiger partial charge in [-0.05, 0) is 43.9 Å². The summed E-state index contributed by atoms with van der Waals surface area (Å²) in [5.74, 6) is 1.52. The Morgan fingerprint density at radius 1 is 1.40 bits per heavy atom. The lowest BCUT2D eigenvalue weighted by molar-refractivity contribution is -0.138. The SMILES string of the molecule is CCCOC1(C=O)CCC(C(C)C)CC1. The fourth-order valence-corrected chi connectivity index (χ4v) is 2.40. The highest BCUT2D eigenvalue weighted by Gasteiger charge is 2.36. The molecule has 0 unspecified atom stereocenters. The molecular formula is C13H24O2. The molecule has 88 valence electrons. The van der Waals surface area contributed by atoms with Crippen molar-refractivity contribution in [2.75, 3.05) is 6.61 Å². The Hall–Kier alpha value is -0.370. The molecule has 0 aromatic rings. The number of carbonyl (C=O) groups is 1. The normalized spacial score (nSPS) is 31.9. The Morgan fingerprint density at radius 3 is 2.40 bits per heavy atom. The van der Waals surface area contributed by atoms with Crippen LogP contribution in [0.5, 0.6) is 0 Å². The van der Waals surface area contributed by atoms with Crippen LogP contribution in [0.1, 0.15) is 52.9 Å². The van der Waals surface area contributed by atoms with E-state index < -0.39 is 5.60 Å². The lowest BCUT2D eigenvalue weighted by Gasteiger charge is -2.37. The number of rotatable bonds is 5. The molecule has 0 amide bonds. The molecule has 0 N–H and O–H groups in total. The van der Waals surface area contributed by atoms with Crippen LogP contribution in [0, 0.1) is 11.8 Å². The number of aldehydes is 1. The minimum absolute atomic E-state index is 0.443. The monoisotopic (exact) mass is 212 g/mol. The number of ether oxygens (including phenoxy) is 1. The van der Waals surface area contributed by atoms with Crippen molar-refractivity contribution in [2.24, 2.45) is 11.8 Å². The second kappa shape index (κ2) is 5.64. The summed E-state index contributed by atoms with van der Waals surface area (Å²) in [5.41, 5.74) is -0.443. The van der Waals surface area contributed by atoms with Gasteiger partial charge in [-0.3, -0.25) is 0 Å². The van der Waals surface area contributed by atoms with Gasteiger partial charge in [0, 0.05) is 6.61 Å². The summed E-state index contributed by atoms with van der Waals surface area (Å²) in [6.45, 7) is 7.33. The molecule has 2 nitrogen and oxygen atoms in total. The summed E-state index contributed by atoms with van der Waals surface area (Å²) in [6.07, 6.45) is 6.14. The van der Waals surface area contributed by atoms with E-state index in [0.29, 0.717) is 6.61 Å². The zero-order valence-electron chi connectivity index (χ0n) is 10.3. The largest absolute Gasteiger partial charge is 0.368 e. The van der Waals surface area contributed by atoms with Gasteiger partial charge in [-0.25, -0.2) is 0 Å². The smallest absolute Gasteiger partial charge is 0.151 e. The fourth-order valence-electron chi connectivity index (χ4n) is 2.40. The minimum atomic E-state index is -0.443. The van der Waals surface area contributed by atoms with Crippen molar-refractivity contribution in [3.05, 3.63) is 0 Å². The topological polar surface area (TPSA) is 26.3 Å². The zero-order chi connectivity index (χ0) is 11.3. The molecule has 0 saturated heterocycles. The third kappa shape index (κ3) is 3.30. The predicted octanol–water partition coefficient (Wildman–Crippen LogP) is 3.20. The first-order chi connectivity index (χ1) is 7.13. The first-order valence-corrected chi connectivity index (χ1v) is 6.24. The Balaban J connectivity index is 2.47. The first-order valence-electron chi connectivity index (χ1n) is 6.24. The van der Waals surface area contributed by atoms with Crippen LogP contribution in [0.4, 0.5) is 0 Å². The van der Waals surface area contributed by atoms with E-state index in [4.69, 9.17) is 4.74 Å². The molecule has 0 atom stereocenters. The Bertz CT molecular complexity index is 191. The van der Waals surface area contributed by atoms with Crippen molar-refractivity contribution in [1.29, 1.82) is 0 Å². The minimum Gasteiger partial charge on any atom is -0.368 e. The van der Waals surface area contributed by atoms with Gasteiger partial charge in [0.25, 0.3) is 0 Å². The second-order valence-corrected chi connectivity index (χ2v) is 5.11. The van der Waals surface area contributed by atoms with Crippen molar-refractivity contribution >= 4 is 6.29 Å². The number of carbonyl (C=O) groups excluding carboxylic acids is 1. The van der Waals surface area contributed by atoms with Crippen LogP contribution < -0.4 is 0 Å². The molecule has 2 heteroatoms. The van der Waals surface area contributed by atoms with E-state index in [1.54, 1.807) is 0 Å². The van der Waals surface area contributed by atoms with Gasteiger partial charge in [0.1, 0.15) is 5.60 Å². The molecule has 0 heterocycles. The van der Waals surface area contributed by atoms with Crippen molar-refractivity contribution < 1.29 is 9.53 Å². The summed E-state index contributed by atoms with van der Waals surface area (Å²) >= 11 is 0. The van der Waals surface area contributed by atoms with Gasteiger partial charge in [-0.15, -0.1) is 0 Å². The van der Waals surface area contributed by atoms with Crippen LogP contribution in [-0.4, -0.2) is 18.5 Å². The molecule has 1 aliphatic carbocycles. The Morgan fingerprint density at radius 2 is 2.00 bits per heavy atom. The average molecular weight is 212 g/mol. The van der Waals surface area contributed by atoms with E-state index in [1.165, 1.54) is 0 Å². The second-order valence-electron chi connectivity index (χ2n) is 5.11. The fraction of sp³-hybridized carbons (Fsp3) is 0.923. The molecule has 15 heavy (non-hydrogen) atoms. The molecule has 0 aromatic carbocycles. The molecular weight excluding hydrogens is 188 g/mol. The van der Waals surface area contributed by atoms with Gasteiger partial charge in [0.2, 0.25) is 0 Å². The Kier molecular flexibility index (Phi) is 4.78. The quantitative estimate of drug-likeness (QED) is 0.654. The van der Waals surface area contributed by atoms with E-state index in [9.17, 15) is 4.79 Å². The van der Waals surface area contributed by atoms with Gasteiger partial charge in [-0.1, -0.05) is 20.8 Å². The number of hydrogen-bond donors (Lipinski definition) is 0. The van der Waals surface area contributed by atoms with Gasteiger partial charge in [0.05, 0.1) is 0 Å². The summed E-state index contributed by atoms with van der Waals surface area (Å²) in [6, 6.07) is 0. The number of hydrogen-bond acceptors (Lipinski definition) is 2. The van der Waals surface area contributed by atoms with Crippen molar-refractivity contribution in [2.45, 2.75) is 58.5 Å². The highest BCUT2D eigenvalue weighted by atomic mass is 16.5. The molecule has 0 aromatic heterocycles. The molecule has 0 spiro atoms. The van der Waals surface area contributed by atoms with Crippen LogP contribution in [-0.2, 0) is 9.53 Å². The van der Waals surface area contributed by atoms with Crippen LogP contribution >= 0.6 is 0 Å². The first kappa shape index (κ1) is 12.7. The van der Waals surface area contributed by atoms with E-state index in [1.807, 2.05) is 0 Å². The lowest BCUT2D eigenvalue weighted by Crippen LogP contribution is -2.39. The molecule has 1 rings (SSSR count). The molecule has 0 bridgehead atoms. The highest BCUT2D eigenvalue weighted by Crippen LogP contribution is 2.36. The van der Waals surface area contributed by atoms with E-state index in [2.05, 4.69) is 20.8 Å². The molecule has 1 aliphatic rings. The third-order valence-corrected chi connectivity index (χ3v) is 3.63. The maximum absolute atomic E-state index is 11.1. The van der Waals surface area contributed by atoms with Crippen LogP contribution in [0.2, 0.25) is 0 Å². The van der Waals surface area contributed by atoms with Crippen molar-refractivity contribution in [3.8, 4) is 0 Å². The average Bonchev–Trinajstić information content (AvgIpc) is 2.27. The Labute approximate surface area is 93.4 Å². The van der Waals surface area contributed by atoms with Gasteiger partial charge in [0.15, 0.2) is 6.29 Å². The zero-order valence-corrected chi connectivity index (χ0v) is 10.3. The summed E-state index contributed by atoms with van der Waals surface area (Å²) < 4.78 is 5.73. The maximum Gasteiger partial charge on any atom is 0.151 e. The van der Waals surface area contributed by atoms with Crippen molar-refractivity contribution in [3.63, 3.8) is 0 Å². The van der Waals surface area contributed by atoms with Crippen LogP contribution in [0.3, 0.4) is 0 Å². The van der Waals surface area contributed by atoms with E-state index in [0.717, 1.165) is 50.2 Å². The molecule has 0 aliphatic heterocycles. The van der Waals surface area contributed by atoms with Gasteiger partial charge in [-0.2, -0.15) is 0 Å². The highest BCUT2D eigenvalue weighted by molar-refractivity contribution is 5.62. The summed E-state index contributed by atoms with van der Waals surface area (Å²) in [7, 11) is 0. The van der Waals surface area contributed by atoms with Crippen molar-refractivity contribution in [1.82, 2.24) is 0 Å². The van der Waals surface area contributed by atoms with E-state index in [-0.39, 0.29) is 0 Å². The summed E-state index contributed by atoms with van der Waals surface area (Å²) in [4.78, 5) is 11.1. The van der Waals surface area contributed by atoms with Crippen LogP contribution in [0.15, 0.2) is 0 Å².